The lowest BCUT2D eigenvalue weighted by Gasteiger charge is -2.23. The Morgan fingerprint density at radius 3 is 2.76 bits per heavy atom. The van der Waals surface area contributed by atoms with Crippen LogP contribution >= 0.6 is 0 Å². The molecule has 1 fully saturated rings. The Balaban J connectivity index is 2.01. The van der Waals surface area contributed by atoms with Crippen molar-refractivity contribution in [3.63, 3.8) is 0 Å². The number of hydrogen-bond acceptors (Lipinski definition) is 2. The van der Waals surface area contributed by atoms with Gasteiger partial charge in [-0.25, -0.2) is 0 Å². The van der Waals surface area contributed by atoms with Crippen LogP contribution in [0, 0.1) is 11.8 Å². The molecule has 0 saturated heterocycles. The van der Waals surface area contributed by atoms with E-state index in [0.29, 0.717) is 6.04 Å². The molecule has 0 aromatic heterocycles. The number of rotatable bonds is 6. The van der Waals surface area contributed by atoms with E-state index in [2.05, 4.69) is 37.5 Å². The smallest absolute Gasteiger partial charge is 0.119 e. The predicted octanol–water partition coefficient (Wildman–Crippen LogP) is 2.87. The molecular weight excluding hydrogens is 210 g/mol. The van der Waals surface area contributed by atoms with E-state index in [0.717, 1.165) is 24.0 Å². The van der Waals surface area contributed by atoms with Crippen molar-refractivity contribution in [2.75, 3.05) is 14.2 Å². The van der Waals surface area contributed by atoms with Gasteiger partial charge in [0.1, 0.15) is 5.75 Å². The average Bonchev–Trinajstić information content (AvgIpc) is 3.19. The van der Waals surface area contributed by atoms with E-state index in [1.165, 1.54) is 18.4 Å². The van der Waals surface area contributed by atoms with Gasteiger partial charge in [-0.3, -0.25) is 0 Å². The van der Waals surface area contributed by atoms with Crippen molar-refractivity contribution in [2.24, 2.45) is 11.8 Å². The molecule has 2 rings (SSSR count). The zero-order valence-corrected chi connectivity index (χ0v) is 11.1. The van der Waals surface area contributed by atoms with Crippen molar-refractivity contribution >= 4 is 0 Å². The Morgan fingerprint density at radius 2 is 2.18 bits per heavy atom. The van der Waals surface area contributed by atoms with Crippen LogP contribution in [0.15, 0.2) is 24.3 Å². The summed E-state index contributed by atoms with van der Waals surface area (Å²) in [4.78, 5) is 0. The lowest BCUT2D eigenvalue weighted by molar-refractivity contribution is 0.357. The van der Waals surface area contributed by atoms with Crippen molar-refractivity contribution < 1.29 is 4.74 Å². The predicted molar refractivity (Wildman–Crippen MR) is 71.4 cm³/mol. The second kappa shape index (κ2) is 5.54. The van der Waals surface area contributed by atoms with Gasteiger partial charge in [0.05, 0.1) is 7.11 Å². The van der Waals surface area contributed by atoms with Gasteiger partial charge in [-0.2, -0.15) is 0 Å². The number of methoxy groups -OCH3 is 1. The van der Waals surface area contributed by atoms with Gasteiger partial charge in [0.15, 0.2) is 0 Å². The van der Waals surface area contributed by atoms with Crippen LogP contribution in [0.3, 0.4) is 0 Å². The zero-order chi connectivity index (χ0) is 12.3. The molecule has 0 radical (unpaired) electrons. The highest BCUT2D eigenvalue weighted by Crippen LogP contribution is 2.38. The molecular formula is C15H23NO. The van der Waals surface area contributed by atoms with E-state index < -0.39 is 0 Å². The molecule has 1 aromatic rings. The first-order valence-corrected chi connectivity index (χ1v) is 6.54. The van der Waals surface area contributed by atoms with Crippen LogP contribution in [0.25, 0.3) is 0 Å². The maximum atomic E-state index is 5.27. The second-order valence-electron chi connectivity index (χ2n) is 5.15. The van der Waals surface area contributed by atoms with Crippen LogP contribution < -0.4 is 10.1 Å². The van der Waals surface area contributed by atoms with Crippen molar-refractivity contribution in [1.82, 2.24) is 5.32 Å². The number of ether oxygens (including phenoxy) is 1. The molecule has 0 amide bonds. The van der Waals surface area contributed by atoms with Gasteiger partial charge in [0.2, 0.25) is 0 Å². The summed E-state index contributed by atoms with van der Waals surface area (Å²) in [5, 5.41) is 3.47. The number of hydrogen-bond donors (Lipinski definition) is 1. The molecule has 1 saturated carbocycles. The fourth-order valence-electron chi connectivity index (χ4n) is 2.55. The van der Waals surface area contributed by atoms with Crippen molar-refractivity contribution in [2.45, 2.75) is 32.2 Å². The van der Waals surface area contributed by atoms with Crippen LogP contribution in [-0.2, 0) is 6.42 Å². The molecule has 1 aliphatic rings. The molecule has 0 aliphatic heterocycles. The summed E-state index contributed by atoms with van der Waals surface area (Å²) in [6.45, 7) is 2.37. The Bertz CT molecular complexity index is 360. The van der Waals surface area contributed by atoms with Crippen LogP contribution in [0.2, 0.25) is 0 Å². The maximum absolute atomic E-state index is 5.27. The Kier molecular flexibility index (Phi) is 4.06. The lowest BCUT2D eigenvalue weighted by atomic mass is 9.91. The Labute approximate surface area is 104 Å². The zero-order valence-electron chi connectivity index (χ0n) is 11.1. The summed E-state index contributed by atoms with van der Waals surface area (Å²) in [7, 11) is 3.80. The van der Waals surface area contributed by atoms with Crippen LogP contribution in [0.5, 0.6) is 5.75 Å². The van der Waals surface area contributed by atoms with Crippen LogP contribution in [-0.4, -0.2) is 20.2 Å². The van der Waals surface area contributed by atoms with Crippen LogP contribution in [0.1, 0.15) is 25.3 Å². The van der Waals surface area contributed by atoms with Gasteiger partial charge in [0, 0.05) is 6.04 Å². The summed E-state index contributed by atoms with van der Waals surface area (Å²) in [6.07, 6.45) is 3.92. The first-order chi connectivity index (χ1) is 8.24. The molecule has 2 nitrogen and oxygen atoms in total. The summed E-state index contributed by atoms with van der Waals surface area (Å²) >= 11 is 0. The summed E-state index contributed by atoms with van der Waals surface area (Å²) in [5.74, 6) is 2.67. The van der Waals surface area contributed by atoms with E-state index in [9.17, 15) is 0 Å². The normalized spacial score (nSPS) is 18.8. The average molecular weight is 233 g/mol. The molecule has 0 spiro atoms. The Morgan fingerprint density at radius 1 is 1.41 bits per heavy atom. The molecule has 0 heterocycles. The highest BCUT2D eigenvalue weighted by atomic mass is 16.5. The molecule has 1 aliphatic carbocycles. The third-order valence-electron chi connectivity index (χ3n) is 3.96. The second-order valence-corrected chi connectivity index (χ2v) is 5.15. The SMILES string of the molecule is CNC(Cc1cccc(OC)c1)C(C)C1CC1. The molecule has 2 unspecified atom stereocenters. The third kappa shape index (κ3) is 3.22. The van der Waals surface area contributed by atoms with Gasteiger partial charge in [-0.15, -0.1) is 0 Å². The monoisotopic (exact) mass is 233 g/mol. The molecule has 2 atom stereocenters. The molecule has 0 bridgehead atoms. The number of benzene rings is 1. The van der Waals surface area contributed by atoms with E-state index in [-0.39, 0.29) is 0 Å². The minimum atomic E-state index is 0.578. The fraction of sp³-hybridized carbons (Fsp3) is 0.600. The van der Waals surface area contributed by atoms with Crippen LogP contribution in [0.4, 0.5) is 0 Å². The van der Waals surface area contributed by atoms with Gasteiger partial charge in [-0.1, -0.05) is 19.1 Å². The molecule has 1 aromatic carbocycles. The third-order valence-corrected chi connectivity index (χ3v) is 3.96. The number of nitrogens with one attached hydrogen (secondary N) is 1. The summed E-state index contributed by atoms with van der Waals surface area (Å²) < 4.78 is 5.27. The van der Waals surface area contributed by atoms with Crippen molar-refractivity contribution in [1.29, 1.82) is 0 Å². The minimum Gasteiger partial charge on any atom is -0.497 e. The van der Waals surface area contributed by atoms with E-state index in [4.69, 9.17) is 4.74 Å². The van der Waals surface area contributed by atoms with Gasteiger partial charge in [0.25, 0.3) is 0 Å². The number of likely N-dealkylation sites (N-methyl/N-ethyl adjacent to an activating group) is 1. The van der Waals surface area contributed by atoms with Gasteiger partial charge in [-0.05, 0) is 55.8 Å². The molecule has 2 heteroatoms. The molecule has 94 valence electrons. The van der Waals surface area contributed by atoms with E-state index in [1.807, 2.05) is 6.07 Å². The first-order valence-electron chi connectivity index (χ1n) is 6.54. The first kappa shape index (κ1) is 12.4. The topological polar surface area (TPSA) is 21.3 Å². The lowest BCUT2D eigenvalue weighted by Crippen LogP contribution is -2.35. The quantitative estimate of drug-likeness (QED) is 0.815. The van der Waals surface area contributed by atoms with Crippen molar-refractivity contribution in [3.05, 3.63) is 29.8 Å². The highest BCUT2D eigenvalue weighted by Gasteiger charge is 2.32. The standard InChI is InChI=1S/C15H23NO/c1-11(13-7-8-13)15(16-2)10-12-5-4-6-14(9-12)17-3/h4-6,9,11,13,15-16H,7-8,10H2,1-3H3. The highest BCUT2D eigenvalue weighted by molar-refractivity contribution is 5.29. The van der Waals surface area contributed by atoms with Gasteiger partial charge >= 0.3 is 0 Å². The molecule has 1 N–H and O–H groups in total. The van der Waals surface area contributed by atoms with E-state index in [1.54, 1.807) is 7.11 Å². The maximum Gasteiger partial charge on any atom is 0.119 e. The summed E-state index contributed by atoms with van der Waals surface area (Å²) in [6, 6.07) is 8.98. The minimum absolute atomic E-state index is 0.578. The molecule has 17 heavy (non-hydrogen) atoms. The van der Waals surface area contributed by atoms with Crippen molar-refractivity contribution in [3.8, 4) is 5.75 Å². The fourth-order valence-corrected chi connectivity index (χ4v) is 2.55. The Hall–Kier alpha value is -1.02. The summed E-state index contributed by atoms with van der Waals surface area (Å²) in [5.41, 5.74) is 1.36. The van der Waals surface area contributed by atoms with E-state index >= 15 is 0 Å². The largest absolute Gasteiger partial charge is 0.497 e. The van der Waals surface area contributed by atoms with Gasteiger partial charge < -0.3 is 10.1 Å².